The molecule has 11 heteroatoms. The first kappa shape index (κ1) is 33.7. The second-order valence-corrected chi connectivity index (χ2v) is 10.6. The number of aryl methyl sites for hydroxylation is 2. The number of benzene rings is 2. The lowest BCUT2D eigenvalue weighted by Crippen LogP contribution is -1.99. The van der Waals surface area contributed by atoms with Gasteiger partial charge in [0.25, 0.3) is 0 Å². The van der Waals surface area contributed by atoms with Gasteiger partial charge in [0.05, 0.1) is 24.5 Å². The fourth-order valence-corrected chi connectivity index (χ4v) is 4.67. The summed E-state index contributed by atoms with van der Waals surface area (Å²) >= 11 is 2.09. The van der Waals surface area contributed by atoms with E-state index in [0.29, 0.717) is 17.1 Å². The van der Waals surface area contributed by atoms with E-state index in [-0.39, 0.29) is 11.4 Å². The number of hydrogen-bond donors (Lipinski definition) is 0. The number of hydrogen-bond acceptors (Lipinski definition) is 4. The molecule has 0 saturated heterocycles. The third-order valence-electron chi connectivity index (χ3n) is 6.05. The van der Waals surface area contributed by atoms with Crippen LogP contribution in [0, 0.1) is 66.5 Å². The minimum atomic E-state index is -0.466. The maximum Gasteiger partial charge on any atom is 0.192 e. The summed E-state index contributed by atoms with van der Waals surface area (Å²) in [6, 6.07) is 19.3. The van der Waals surface area contributed by atoms with Crippen LogP contribution in [0.1, 0.15) is 28.2 Å². The Bertz CT molecular complexity index is 2190. The maximum absolute atomic E-state index is 13.6. The quantitative estimate of drug-likeness (QED) is 0.102. The van der Waals surface area contributed by atoms with Crippen molar-refractivity contribution in [2.75, 3.05) is 0 Å². The van der Waals surface area contributed by atoms with Crippen molar-refractivity contribution < 1.29 is 8.78 Å². The van der Waals surface area contributed by atoms with E-state index < -0.39 is 11.6 Å². The molecule has 0 fully saturated rings. The summed E-state index contributed by atoms with van der Waals surface area (Å²) in [7, 11) is 0. The van der Waals surface area contributed by atoms with Crippen molar-refractivity contribution in [2.45, 2.75) is 13.8 Å². The predicted molar refractivity (Wildman–Crippen MR) is 184 cm³/mol. The number of pyridine rings is 2. The van der Waals surface area contributed by atoms with E-state index in [1.807, 2.05) is 50.2 Å². The first-order chi connectivity index (χ1) is 22.7. The van der Waals surface area contributed by atoms with Gasteiger partial charge in [0, 0.05) is 47.3 Å². The zero-order chi connectivity index (χ0) is 33.8. The Morgan fingerprint density at radius 1 is 0.723 bits per heavy atom. The van der Waals surface area contributed by atoms with E-state index >= 15 is 0 Å². The standard InChI is InChI=1S/C18H11FN4.C11H7FIN3.C7H5N/c1-13-8-16(6-5-14-4-3-7-21-12-14)22-23(13)18-10-15(19)9-17(11-18)20-2;1-7-3-11(13)15-16(7)10-5-8(12)4-9(6-10)14-2;1-2-7-4-3-5-8-6-7/h3-4,7-12H,1H3;3-6H,1H3;1,3-6H. The molecule has 0 spiro atoms. The van der Waals surface area contributed by atoms with Crippen molar-refractivity contribution in [3.05, 3.63) is 164 Å². The molecule has 6 rings (SSSR count). The number of aromatic nitrogens is 6. The van der Waals surface area contributed by atoms with Crippen molar-refractivity contribution in [1.29, 1.82) is 0 Å². The lowest BCUT2D eigenvalue weighted by atomic mass is 10.2. The molecule has 4 aromatic heterocycles. The zero-order valence-corrected chi connectivity index (χ0v) is 27.2. The molecule has 0 aliphatic carbocycles. The molecule has 0 aliphatic rings. The Morgan fingerprint density at radius 2 is 1.26 bits per heavy atom. The van der Waals surface area contributed by atoms with Crippen LogP contribution in [0.25, 0.3) is 21.1 Å². The van der Waals surface area contributed by atoms with Gasteiger partial charge in [0.1, 0.15) is 21.0 Å². The summed E-state index contributed by atoms with van der Waals surface area (Å²) in [5, 5.41) is 8.60. The summed E-state index contributed by atoms with van der Waals surface area (Å²) in [4.78, 5) is 14.3. The molecule has 0 amide bonds. The summed E-state index contributed by atoms with van der Waals surface area (Å²) in [5.74, 6) is 7.51. The molecule has 4 heterocycles. The van der Waals surface area contributed by atoms with Gasteiger partial charge in [-0.2, -0.15) is 10.2 Å². The number of nitrogens with zero attached hydrogens (tertiary/aromatic N) is 8. The summed E-state index contributed by atoms with van der Waals surface area (Å²) < 4.78 is 30.9. The van der Waals surface area contributed by atoms with Crippen LogP contribution in [0.2, 0.25) is 0 Å². The van der Waals surface area contributed by atoms with E-state index in [1.54, 1.807) is 46.3 Å². The van der Waals surface area contributed by atoms with Gasteiger partial charge in [-0.3, -0.25) is 9.97 Å². The first-order valence-corrected chi connectivity index (χ1v) is 14.7. The Balaban J connectivity index is 0.000000180. The number of halogens is 3. The van der Waals surface area contributed by atoms with Crippen LogP contribution < -0.4 is 0 Å². The maximum atomic E-state index is 13.6. The van der Waals surface area contributed by atoms with Crippen molar-refractivity contribution in [1.82, 2.24) is 29.5 Å². The largest absolute Gasteiger partial charge is 0.263 e. The van der Waals surface area contributed by atoms with Crippen LogP contribution in [0.5, 0.6) is 0 Å². The lowest BCUT2D eigenvalue weighted by molar-refractivity contribution is 0.625. The van der Waals surface area contributed by atoms with E-state index in [1.165, 1.54) is 24.3 Å². The molecule has 0 unspecified atom stereocenters. The minimum Gasteiger partial charge on any atom is -0.263 e. The van der Waals surface area contributed by atoms with E-state index in [2.05, 4.69) is 70.2 Å². The van der Waals surface area contributed by atoms with Crippen LogP contribution in [0.3, 0.4) is 0 Å². The monoisotopic (exact) mass is 732 g/mol. The molecule has 8 nitrogen and oxygen atoms in total. The Morgan fingerprint density at radius 3 is 1.70 bits per heavy atom. The normalized spacial score (nSPS) is 9.57. The van der Waals surface area contributed by atoms with E-state index in [9.17, 15) is 8.78 Å². The molecule has 2 aromatic carbocycles. The van der Waals surface area contributed by atoms with Gasteiger partial charge in [-0.1, -0.05) is 11.8 Å². The van der Waals surface area contributed by atoms with Crippen LogP contribution in [-0.4, -0.2) is 29.5 Å². The highest BCUT2D eigenvalue weighted by molar-refractivity contribution is 14.1. The smallest absolute Gasteiger partial charge is 0.192 e. The van der Waals surface area contributed by atoms with Gasteiger partial charge >= 0.3 is 0 Å². The molecular formula is C36H23F2IN8. The van der Waals surface area contributed by atoms with E-state index in [4.69, 9.17) is 19.6 Å². The SMILES string of the molecule is C#Cc1cccnc1.[C-]#[N+]c1cc(F)cc(-n2nc(C#Cc3cccnc3)cc2C)c1.[C-]#[N+]c1cc(F)cc(-n2nc(I)cc2C)c1. The molecule has 0 bridgehead atoms. The predicted octanol–water partition coefficient (Wildman–Crippen LogP) is 8.20. The Kier molecular flexibility index (Phi) is 11.7. The average Bonchev–Trinajstić information content (AvgIpc) is 3.64. The molecule has 0 radical (unpaired) electrons. The molecule has 0 aliphatic heterocycles. The summed E-state index contributed by atoms with van der Waals surface area (Å²) in [5.41, 5.74) is 5.49. The second kappa shape index (κ2) is 16.2. The molecule has 47 heavy (non-hydrogen) atoms. The van der Waals surface area contributed by atoms with Crippen LogP contribution in [0.15, 0.2) is 97.6 Å². The second-order valence-electron chi connectivity index (χ2n) is 9.54. The zero-order valence-electron chi connectivity index (χ0n) is 25.0. The third kappa shape index (κ3) is 9.67. The molecule has 6 aromatic rings. The topological polar surface area (TPSA) is 70.1 Å². The molecule has 0 atom stereocenters. The van der Waals surface area contributed by atoms with Crippen molar-refractivity contribution in [3.63, 3.8) is 0 Å². The highest BCUT2D eigenvalue weighted by atomic mass is 127. The summed E-state index contributed by atoms with van der Waals surface area (Å²) in [6.07, 6.45) is 11.8. The number of rotatable bonds is 2. The first-order valence-electron chi connectivity index (χ1n) is 13.6. The van der Waals surface area contributed by atoms with Crippen LogP contribution in [0.4, 0.5) is 20.2 Å². The third-order valence-corrected chi connectivity index (χ3v) is 6.58. The van der Waals surface area contributed by atoms with Crippen LogP contribution >= 0.6 is 22.6 Å². The number of terminal acetylenes is 1. The summed E-state index contributed by atoms with van der Waals surface area (Å²) in [6.45, 7) is 17.6. The van der Waals surface area contributed by atoms with Crippen molar-refractivity contribution in [3.8, 4) is 35.6 Å². The van der Waals surface area contributed by atoms with Gasteiger partial charge in [-0.15, -0.1) is 6.42 Å². The highest BCUT2D eigenvalue weighted by Crippen LogP contribution is 2.22. The van der Waals surface area contributed by atoms with Crippen molar-refractivity contribution >= 4 is 34.0 Å². The average molecular weight is 733 g/mol. The molecule has 0 N–H and O–H groups in total. The minimum absolute atomic E-state index is 0.234. The van der Waals surface area contributed by atoms with Crippen molar-refractivity contribution in [2.24, 2.45) is 0 Å². The Hall–Kier alpha value is -6.15. The van der Waals surface area contributed by atoms with Gasteiger partial charge in [-0.05, 0) is 115 Å². The lowest BCUT2D eigenvalue weighted by Gasteiger charge is -2.04. The Labute approximate surface area is 284 Å². The highest BCUT2D eigenvalue weighted by Gasteiger charge is 2.09. The molecular weight excluding hydrogens is 709 g/mol. The van der Waals surface area contributed by atoms with Gasteiger partial charge in [0.2, 0.25) is 0 Å². The fourth-order valence-electron chi connectivity index (χ4n) is 4.01. The van der Waals surface area contributed by atoms with Crippen LogP contribution in [-0.2, 0) is 0 Å². The van der Waals surface area contributed by atoms with Gasteiger partial charge < -0.3 is 0 Å². The molecule has 0 saturated carbocycles. The van der Waals surface area contributed by atoms with Gasteiger partial charge in [0.15, 0.2) is 11.4 Å². The fraction of sp³-hybridized carbons (Fsp3) is 0.0556. The van der Waals surface area contributed by atoms with E-state index in [0.717, 1.165) is 26.2 Å². The van der Waals surface area contributed by atoms with Gasteiger partial charge in [-0.25, -0.2) is 27.8 Å². The molecule has 228 valence electrons.